The second-order valence-electron chi connectivity index (χ2n) is 5.75. The van der Waals surface area contributed by atoms with Gasteiger partial charge in [-0.2, -0.15) is 0 Å². The largest absolute Gasteiger partial charge is 0.455 e. The van der Waals surface area contributed by atoms with Crippen LogP contribution in [-0.2, 0) is 0 Å². The molecular formula is C18H21N3O2. The maximum atomic E-state index is 12.8. The number of nitrogens with zero attached hydrogens (tertiary/aromatic N) is 2. The van der Waals surface area contributed by atoms with Crippen molar-refractivity contribution in [2.24, 2.45) is 5.92 Å². The van der Waals surface area contributed by atoms with E-state index in [1.54, 1.807) is 12.4 Å². The molecule has 1 N–H and O–H groups in total. The van der Waals surface area contributed by atoms with Crippen LogP contribution < -0.4 is 10.1 Å². The summed E-state index contributed by atoms with van der Waals surface area (Å²) in [4.78, 5) is 18.8. The molecule has 2 heterocycles. The molecule has 23 heavy (non-hydrogen) atoms. The van der Waals surface area contributed by atoms with E-state index >= 15 is 0 Å². The first-order valence-corrected chi connectivity index (χ1v) is 7.88. The monoisotopic (exact) mass is 311 g/mol. The van der Waals surface area contributed by atoms with Crippen LogP contribution in [0.5, 0.6) is 11.5 Å². The Bertz CT molecular complexity index is 660. The van der Waals surface area contributed by atoms with Crippen LogP contribution in [0, 0.1) is 5.92 Å². The molecule has 0 radical (unpaired) electrons. The van der Waals surface area contributed by atoms with E-state index in [0.717, 1.165) is 26.1 Å². The van der Waals surface area contributed by atoms with Gasteiger partial charge in [0, 0.05) is 19.3 Å². The summed E-state index contributed by atoms with van der Waals surface area (Å²) in [6.45, 7) is 2.53. The molecule has 1 fully saturated rings. The second-order valence-corrected chi connectivity index (χ2v) is 5.75. The number of carbonyl (C=O) groups excluding carboxylic acids is 1. The minimum Gasteiger partial charge on any atom is -0.455 e. The Morgan fingerprint density at radius 1 is 1.35 bits per heavy atom. The summed E-state index contributed by atoms with van der Waals surface area (Å²) in [6, 6.07) is 11.0. The van der Waals surface area contributed by atoms with E-state index < -0.39 is 0 Å². The predicted molar refractivity (Wildman–Crippen MR) is 88.7 cm³/mol. The van der Waals surface area contributed by atoms with E-state index in [0.29, 0.717) is 23.0 Å². The van der Waals surface area contributed by atoms with Crippen LogP contribution in [0.25, 0.3) is 0 Å². The molecule has 0 saturated carbocycles. The van der Waals surface area contributed by atoms with Gasteiger partial charge in [0.25, 0.3) is 5.91 Å². The number of nitrogens with one attached hydrogen (secondary N) is 1. The summed E-state index contributed by atoms with van der Waals surface area (Å²) in [5.74, 6) is 1.75. The summed E-state index contributed by atoms with van der Waals surface area (Å²) in [7, 11) is 1.95. The van der Waals surface area contributed by atoms with Gasteiger partial charge in [-0.15, -0.1) is 0 Å². The lowest BCUT2D eigenvalue weighted by Crippen LogP contribution is -2.30. The van der Waals surface area contributed by atoms with Crippen molar-refractivity contribution in [2.45, 2.75) is 6.42 Å². The van der Waals surface area contributed by atoms with Gasteiger partial charge in [-0.05, 0) is 50.2 Å². The summed E-state index contributed by atoms with van der Waals surface area (Å²) in [5.41, 5.74) is 0.599. The van der Waals surface area contributed by atoms with Crippen LogP contribution in [0.15, 0.2) is 48.8 Å². The van der Waals surface area contributed by atoms with Gasteiger partial charge in [0.05, 0.1) is 11.8 Å². The van der Waals surface area contributed by atoms with Crippen LogP contribution in [0.1, 0.15) is 16.8 Å². The van der Waals surface area contributed by atoms with E-state index in [1.807, 2.05) is 48.3 Å². The molecule has 2 aromatic rings. The number of para-hydroxylation sites is 1. The second kappa shape index (κ2) is 7.24. The minimum absolute atomic E-state index is 0.0306. The predicted octanol–water partition coefficient (Wildman–Crippen LogP) is 2.56. The Morgan fingerprint density at radius 2 is 2.22 bits per heavy atom. The summed E-state index contributed by atoms with van der Waals surface area (Å²) in [5, 5.41) is 3.18. The van der Waals surface area contributed by atoms with Crippen molar-refractivity contribution in [3.8, 4) is 11.5 Å². The Balaban J connectivity index is 1.76. The fraction of sp³-hybridized carbons (Fsp3) is 0.333. The molecule has 5 nitrogen and oxygen atoms in total. The van der Waals surface area contributed by atoms with Crippen molar-refractivity contribution in [1.29, 1.82) is 0 Å². The van der Waals surface area contributed by atoms with Gasteiger partial charge in [0.1, 0.15) is 11.5 Å². The number of carbonyl (C=O) groups is 1. The number of rotatable bonds is 5. The van der Waals surface area contributed by atoms with Crippen molar-refractivity contribution < 1.29 is 9.53 Å². The van der Waals surface area contributed by atoms with Gasteiger partial charge in [-0.1, -0.05) is 12.1 Å². The third kappa shape index (κ3) is 3.68. The molecular weight excluding hydrogens is 290 g/mol. The lowest BCUT2D eigenvalue weighted by atomic mass is 10.1. The zero-order chi connectivity index (χ0) is 16.1. The first-order valence-electron chi connectivity index (χ1n) is 7.88. The molecule has 0 bridgehead atoms. The molecule has 1 aliphatic heterocycles. The zero-order valence-electron chi connectivity index (χ0n) is 13.2. The maximum Gasteiger partial charge on any atom is 0.257 e. The Labute approximate surface area is 136 Å². The highest BCUT2D eigenvalue weighted by molar-refractivity contribution is 5.97. The normalized spacial score (nSPS) is 17.3. The van der Waals surface area contributed by atoms with Gasteiger partial charge < -0.3 is 15.0 Å². The molecule has 120 valence electrons. The van der Waals surface area contributed by atoms with Crippen molar-refractivity contribution >= 4 is 5.91 Å². The van der Waals surface area contributed by atoms with Crippen molar-refractivity contribution in [1.82, 2.24) is 15.2 Å². The highest BCUT2D eigenvalue weighted by atomic mass is 16.5. The van der Waals surface area contributed by atoms with Crippen molar-refractivity contribution in [3.63, 3.8) is 0 Å². The van der Waals surface area contributed by atoms with Gasteiger partial charge in [-0.3, -0.25) is 9.78 Å². The molecule has 1 amide bonds. The number of benzene rings is 1. The molecule has 5 heteroatoms. The number of ether oxygens (including phenoxy) is 1. The lowest BCUT2D eigenvalue weighted by molar-refractivity contribution is 0.0784. The summed E-state index contributed by atoms with van der Waals surface area (Å²) in [6.07, 6.45) is 4.37. The van der Waals surface area contributed by atoms with E-state index in [4.69, 9.17) is 4.74 Å². The third-order valence-electron chi connectivity index (χ3n) is 4.05. The van der Waals surface area contributed by atoms with Crippen LogP contribution in [0.4, 0.5) is 0 Å². The number of hydrogen-bond acceptors (Lipinski definition) is 4. The quantitative estimate of drug-likeness (QED) is 0.922. The molecule has 0 unspecified atom stereocenters. The van der Waals surface area contributed by atoms with Crippen LogP contribution >= 0.6 is 0 Å². The topological polar surface area (TPSA) is 54.5 Å². The standard InChI is InChI=1S/C18H21N3O2/c1-19-11-14-8-10-21(13-14)18(22)16-6-2-3-7-17(16)23-15-5-4-9-20-12-15/h2-7,9,12,14,19H,8,10-11,13H2,1H3/t14-/m0/s1. The molecule has 0 spiro atoms. The number of pyridine rings is 1. The van der Waals surface area contributed by atoms with Gasteiger partial charge in [0.15, 0.2) is 0 Å². The molecule has 1 aliphatic rings. The van der Waals surface area contributed by atoms with Crippen LogP contribution in [0.3, 0.4) is 0 Å². The van der Waals surface area contributed by atoms with E-state index in [9.17, 15) is 4.79 Å². The molecule has 1 aromatic heterocycles. The highest BCUT2D eigenvalue weighted by Crippen LogP contribution is 2.27. The average molecular weight is 311 g/mol. The first-order chi connectivity index (χ1) is 11.3. The lowest BCUT2D eigenvalue weighted by Gasteiger charge is -2.18. The molecule has 1 aromatic carbocycles. The summed E-state index contributed by atoms with van der Waals surface area (Å²) >= 11 is 0. The SMILES string of the molecule is CNC[C@@H]1CCN(C(=O)c2ccccc2Oc2cccnc2)C1. The average Bonchev–Trinajstić information content (AvgIpc) is 3.05. The molecule has 3 rings (SSSR count). The van der Waals surface area contributed by atoms with Gasteiger partial charge in [-0.25, -0.2) is 0 Å². The molecule has 1 atom stereocenters. The number of likely N-dealkylation sites (tertiary alicyclic amines) is 1. The van der Waals surface area contributed by atoms with Crippen LogP contribution in [0.2, 0.25) is 0 Å². The van der Waals surface area contributed by atoms with Crippen molar-refractivity contribution in [2.75, 3.05) is 26.7 Å². The van der Waals surface area contributed by atoms with Gasteiger partial charge >= 0.3 is 0 Å². The molecule has 1 saturated heterocycles. The Kier molecular flexibility index (Phi) is 4.88. The van der Waals surface area contributed by atoms with Crippen molar-refractivity contribution in [3.05, 3.63) is 54.4 Å². The first kappa shape index (κ1) is 15.5. The molecule has 0 aliphatic carbocycles. The van der Waals surface area contributed by atoms with Gasteiger partial charge in [0.2, 0.25) is 0 Å². The Morgan fingerprint density at radius 3 is 3.00 bits per heavy atom. The van der Waals surface area contributed by atoms with Crippen LogP contribution in [-0.4, -0.2) is 42.5 Å². The number of aromatic nitrogens is 1. The number of hydrogen-bond donors (Lipinski definition) is 1. The zero-order valence-corrected chi connectivity index (χ0v) is 13.2. The summed E-state index contributed by atoms with van der Waals surface area (Å²) < 4.78 is 5.84. The van der Waals surface area contributed by atoms with E-state index in [-0.39, 0.29) is 5.91 Å². The van der Waals surface area contributed by atoms with E-state index in [2.05, 4.69) is 10.3 Å². The third-order valence-corrected chi connectivity index (χ3v) is 4.05. The smallest absolute Gasteiger partial charge is 0.257 e. The Hall–Kier alpha value is -2.40. The minimum atomic E-state index is 0.0306. The fourth-order valence-corrected chi connectivity index (χ4v) is 2.91. The van der Waals surface area contributed by atoms with E-state index in [1.165, 1.54) is 0 Å². The highest BCUT2D eigenvalue weighted by Gasteiger charge is 2.28. The fourth-order valence-electron chi connectivity index (χ4n) is 2.91. The number of amides is 1. The maximum absolute atomic E-state index is 12.8.